The molecule has 4 atom stereocenters. The lowest BCUT2D eigenvalue weighted by Crippen LogP contribution is -2.54. The third-order valence-electron chi connectivity index (χ3n) is 7.05. The van der Waals surface area contributed by atoms with Crippen LogP contribution in [0.2, 0.25) is 0 Å². The molecule has 0 aromatic heterocycles. The highest BCUT2D eigenvalue weighted by atomic mass is 16.5. The Hall–Kier alpha value is -1.47. The van der Waals surface area contributed by atoms with E-state index in [2.05, 4.69) is 36.2 Å². The maximum atomic E-state index is 12.2. The highest BCUT2D eigenvalue weighted by Gasteiger charge is 2.44. The zero-order valence-electron chi connectivity index (χ0n) is 20.4. The quantitative estimate of drug-likeness (QED) is 0.344. The smallest absolute Gasteiger partial charge is 0.139 e. The summed E-state index contributed by atoms with van der Waals surface area (Å²) >= 11 is 0. The summed E-state index contributed by atoms with van der Waals surface area (Å²) < 4.78 is 16.9. The van der Waals surface area contributed by atoms with Gasteiger partial charge < -0.3 is 24.3 Å². The number of rotatable bonds is 13. The number of hydrogen-bond donors (Lipinski definition) is 1. The van der Waals surface area contributed by atoms with Gasteiger partial charge >= 0.3 is 0 Å². The molecule has 2 aliphatic carbocycles. The molecule has 0 bridgehead atoms. The molecule has 1 aliphatic heterocycles. The maximum Gasteiger partial charge on any atom is 0.139 e. The number of ether oxygens (including phenoxy) is 3. The molecule has 3 aliphatic rings. The van der Waals surface area contributed by atoms with Crippen LogP contribution in [0.5, 0.6) is 0 Å². The summed E-state index contributed by atoms with van der Waals surface area (Å²) in [6.45, 7) is 8.29. The number of hydrogen-bond acceptors (Lipinski definition) is 6. The fourth-order valence-electron chi connectivity index (χ4n) is 4.87. The van der Waals surface area contributed by atoms with Gasteiger partial charge in [0, 0.05) is 39.4 Å². The monoisotopic (exact) mass is 446 g/mol. The van der Waals surface area contributed by atoms with Crippen molar-refractivity contribution in [2.24, 2.45) is 5.92 Å². The number of nitrogens with zero attached hydrogens (tertiary/aromatic N) is 1. The first-order valence-electron chi connectivity index (χ1n) is 12.2. The lowest BCUT2D eigenvalue weighted by Gasteiger charge is -2.36. The molecule has 1 saturated heterocycles. The van der Waals surface area contributed by atoms with Crippen molar-refractivity contribution in [1.82, 2.24) is 10.2 Å². The minimum absolute atomic E-state index is 0.0833. The van der Waals surface area contributed by atoms with E-state index in [9.17, 15) is 4.79 Å². The second kappa shape index (κ2) is 12.7. The summed E-state index contributed by atoms with van der Waals surface area (Å²) in [4.78, 5) is 14.6. The molecule has 6 heteroatoms. The van der Waals surface area contributed by atoms with Gasteiger partial charge in [0.25, 0.3) is 0 Å². The van der Waals surface area contributed by atoms with Gasteiger partial charge in [-0.1, -0.05) is 19.4 Å². The molecule has 1 saturated carbocycles. The molecule has 1 heterocycles. The van der Waals surface area contributed by atoms with Crippen molar-refractivity contribution >= 4 is 6.29 Å². The first-order valence-corrected chi connectivity index (χ1v) is 12.2. The molecular formula is C26H42N2O4. The highest BCUT2D eigenvalue weighted by Crippen LogP contribution is 2.38. The van der Waals surface area contributed by atoms with Crippen LogP contribution in [0.1, 0.15) is 52.4 Å². The van der Waals surface area contributed by atoms with Crippen molar-refractivity contribution in [1.29, 1.82) is 0 Å². The Bertz CT molecular complexity index is 709. The topological polar surface area (TPSA) is 60.0 Å². The van der Waals surface area contributed by atoms with E-state index in [1.807, 2.05) is 0 Å². The van der Waals surface area contributed by atoms with Crippen LogP contribution in [-0.4, -0.2) is 76.4 Å². The molecular weight excluding hydrogens is 404 g/mol. The molecule has 0 spiro atoms. The molecule has 0 radical (unpaired) electrons. The van der Waals surface area contributed by atoms with E-state index in [0.29, 0.717) is 18.6 Å². The van der Waals surface area contributed by atoms with Gasteiger partial charge in [0.1, 0.15) is 12.0 Å². The Morgan fingerprint density at radius 1 is 1.31 bits per heavy atom. The molecule has 1 N–H and O–H groups in total. The predicted octanol–water partition coefficient (Wildman–Crippen LogP) is 3.64. The Labute approximate surface area is 194 Å². The number of allylic oxidation sites excluding steroid dienone is 3. The Kier molecular flexibility index (Phi) is 9.97. The second-order valence-electron chi connectivity index (χ2n) is 9.43. The van der Waals surface area contributed by atoms with E-state index in [4.69, 9.17) is 14.2 Å². The van der Waals surface area contributed by atoms with Gasteiger partial charge in [0.05, 0.1) is 25.9 Å². The molecule has 3 unspecified atom stereocenters. The van der Waals surface area contributed by atoms with E-state index in [0.717, 1.165) is 76.8 Å². The number of carbonyl (C=O) groups excluding carboxylic acids is 1. The number of aldehydes is 1. The van der Waals surface area contributed by atoms with Crippen molar-refractivity contribution in [3.8, 4) is 0 Å². The van der Waals surface area contributed by atoms with Gasteiger partial charge in [-0.3, -0.25) is 4.90 Å². The molecule has 3 rings (SSSR count). The minimum atomic E-state index is -0.218. The van der Waals surface area contributed by atoms with Crippen LogP contribution in [-0.2, 0) is 19.0 Å². The van der Waals surface area contributed by atoms with Crippen molar-refractivity contribution in [3.63, 3.8) is 0 Å². The lowest BCUT2D eigenvalue weighted by atomic mass is 10.0. The van der Waals surface area contributed by atoms with Gasteiger partial charge in [-0.25, -0.2) is 0 Å². The molecule has 0 amide bonds. The van der Waals surface area contributed by atoms with Crippen LogP contribution in [0.25, 0.3) is 0 Å². The van der Waals surface area contributed by atoms with Crippen LogP contribution in [0, 0.1) is 5.92 Å². The lowest BCUT2D eigenvalue weighted by molar-refractivity contribution is -0.120. The number of methoxy groups -OCH3 is 2. The number of carbonyl (C=O) groups is 1. The van der Waals surface area contributed by atoms with Crippen LogP contribution in [0.3, 0.4) is 0 Å². The van der Waals surface area contributed by atoms with E-state index >= 15 is 0 Å². The molecule has 2 fully saturated rings. The van der Waals surface area contributed by atoms with E-state index in [1.54, 1.807) is 14.2 Å². The van der Waals surface area contributed by atoms with Gasteiger partial charge in [0.15, 0.2) is 0 Å². The van der Waals surface area contributed by atoms with Crippen molar-refractivity contribution in [2.45, 2.75) is 70.6 Å². The Morgan fingerprint density at radius 3 is 2.75 bits per heavy atom. The Balaban J connectivity index is 1.70. The van der Waals surface area contributed by atoms with Gasteiger partial charge in [0.2, 0.25) is 0 Å². The Morgan fingerprint density at radius 2 is 2.12 bits per heavy atom. The molecule has 6 nitrogen and oxygen atoms in total. The fraction of sp³-hybridized carbons (Fsp3) is 0.731. The summed E-state index contributed by atoms with van der Waals surface area (Å²) in [5.74, 6) is 1.62. The first-order chi connectivity index (χ1) is 15.6. The average Bonchev–Trinajstić information content (AvgIpc) is 3.56. The SMILES string of the molecule is COCCCCCC1=C(OC)C=C(C)C(CN(C2CC2C)C(C=O)[C@H]2CNCCO2)=CC1. The fourth-order valence-corrected chi connectivity index (χ4v) is 4.87. The summed E-state index contributed by atoms with van der Waals surface area (Å²) in [5.41, 5.74) is 3.88. The van der Waals surface area contributed by atoms with Crippen LogP contribution < -0.4 is 5.32 Å². The standard InChI is InChI=1S/C26H42N2O4/c1-19-15-25(31-4)21(8-6-5-7-12-30-3)9-10-22(19)17-28(23-14-20(23)2)24(18-29)26-16-27-11-13-32-26/h10,15,18,20,23-24,26-27H,5-9,11-14,16-17H2,1-4H3/t20?,23?,24?,26-/m1/s1. The summed E-state index contributed by atoms with van der Waals surface area (Å²) in [6.07, 6.45) is 12.1. The third-order valence-corrected chi connectivity index (χ3v) is 7.05. The summed E-state index contributed by atoms with van der Waals surface area (Å²) in [7, 11) is 3.53. The van der Waals surface area contributed by atoms with Gasteiger partial charge in [-0.2, -0.15) is 0 Å². The van der Waals surface area contributed by atoms with Crippen molar-refractivity contribution in [2.75, 3.05) is 47.1 Å². The summed E-state index contributed by atoms with van der Waals surface area (Å²) in [5, 5.41) is 3.38. The van der Waals surface area contributed by atoms with E-state index in [-0.39, 0.29) is 12.1 Å². The zero-order chi connectivity index (χ0) is 22.9. The molecule has 32 heavy (non-hydrogen) atoms. The van der Waals surface area contributed by atoms with Crippen LogP contribution in [0.4, 0.5) is 0 Å². The van der Waals surface area contributed by atoms with Gasteiger partial charge in [-0.15, -0.1) is 0 Å². The second-order valence-corrected chi connectivity index (χ2v) is 9.43. The molecule has 0 aromatic rings. The number of nitrogens with one attached hydrogen (secondary N) is 1. The number of morpholine rings is 1. The van der Waals surface area contributed by atoms with Crippen molar-refractivity contribution in [3.05, 3.63) is 34.6 Å². The van der Waals surface area contributed by atoms with E-state index < -0.39 is 0 Å². The highest BCUT2D eigenvalue weighted by molar-refractivity contribution is 5.59. The van der Waals surface area contributed by atoms with Crippen LogP contribution >= 0.6 is 0 Å². The minimum Gasteiger partial charge on any atom is -0.497 e. The average molecular weight is 447 g/mol. The number of unbranched alkanes of at least 4 members (excludes halogenated alkanes) is 2. The third kappa shape index (κ3) is 6.77. The predicted molar refractivity (Wildman–Crippen MR) is 128 cm³/mol. The first kappa shape index (κ1) is 25.2. The molecule has 0 aromatic carbocycles. The van der Waals surface area contributed by atoms with E-state index in [1.165, 1.54) is 16.7 Å². The van der Waals surface area contributed by atoms with Gasteiger partial charge in [-0.05, 0) is 67.7 Å². The maximum absolute atomic E-state index is 12.2. The normalized spacial score (nSPS) is 27.0. The summed E-state index contributed by atoms with van der Waals surface area (Å²) in [6, 6.07) is 0.229. The van der Waals surface area contributed by atoms with Crippen LogP contribution in [0.15, 0.2) is 34.6 Å². The molecule has 180 valence electrons. The zero-order valence-corrected chi connectivity index (χ0v) is 20.4. The largest absolute Gasteiger partial charge is 0.497 e. The van der Waals surface area contributed by atoms with Crippen molar-refractivity contribution < 1.29 is 19.0 Å².